The molecular weight excluding hydrogens is 256 g/mol. The summed E-state index contributed by atoms with van der Waals surface area (Å²) in [4.78, 5) is 24.3. The van der Waals surface area contributed by atoms with Crippen LogP contribution in [0.4, 0.5) is 0 Å². The van der Waals surface area contributed by atoms with Crippen molar-refractivity contribution in [3.63, 3.8) is 0 Å². The Kier molecular flexibility index (Phi) is 5.78. The van der Waals surface area contributed by atoms with Gasteiger partial charge in [-0.3, -0.25) is 0 Å². The molecule has 1 aliphatic rings. The second-order valence-corrected chi connectivity index (χ2v) is 6.59. The van der Waals surface area contributed by atoms with Gasteiger partial charge in [0.05, 0.1) is 19.8 Å². The molecule has 1 saturated carbocycles. The standard InChI is InChI=1S/C16H26O4/c1-16(2,3)10-12(14(17)19-4)13(15(18)20-5)11-8-6-7-9-11/h11H,6-10H2,1-5H3. The first-order valence-corrected chi connectivity index (χ1v) is 7.20. The highest BCUT2D eigenvalue weighted by atomic mass is 16.5. The van der Waals surface area contributed by atoms with Crippen LogP contribution in [0.1, 0.15) is 52.9 Å². The first-order valence-electron chi connectivity index (χ1n) is 7.20. The summed E-state index contributed by atoms with van der Waals surface area (Å²) in [5.74, 6) is -0.673. The Hall–Kier alpha value is -1.32. The van der Waals surface area contributed by atoms with Crippen molar-refractivity contribution in [1.82, 2.24) is 0 Å². The topological polar surface area (TPSA) is 52.6 Å². The molecule has 114 valence electrons. The van der Waals surface area contributed by atoms with Crippen LogP contribution in [0, 0.1) is 11.3 Å². The lowest BCUT2D eigenvalue weighted by Gasteiger charge is -2.23. The van der Waals surface area contributed by atoms with Gasteiger partial charge in [-0.1, -0.05) is 33.6 Å². The van der Waals surface area contributed by atoms with Gasteiger partial charge in [-0.2, -0.15) is 0 Å². The molecule has 0 heterocycles. The fourth-order valence-corrected chi connectivity index (χ4v) is 2.79. The van der Waals surface area contributed by atoms with Crippen LogP contribution in [0.15, 0.2) is 11.1 Å². The van der Waals surface area contributed by atoms with Gasteiger partial charge in [0.15, 0.2) is 0 Å². The van der Waals surface area contributed by atoms with Gasteiger partial charge in [-0.25, -0.2) is 9.59 Å². The zero-order valence-electron chi connectivity index (χ0n) is 13.2. The van der Waals surface area contributed by atoms with Gasteiger partial charge in [0.25, 0.3) is 0 Å². The van der Waals surface area contributed by atoms with Crippen LogP contribution in [0.2, 0.25) is 0 Å². The third-order valence-corrected chi connectivity index (χ3v) is 3.63. The molecule has 0 atom stereocenters. The lowest BCUT2D eigenvalue weighted by Crippen LogP contribution is -2.23. The summed E-state index contributed by atoms with van der Waals surface area (Å²) in [7, 11) is 2.72. The third-order valence-electron chi connectivity index (χ3n) is 3.63. The maximum absolute atomic E-state index is 12.2. The smallest absolute Gasteiger partial charge is 0.334 e. The summed E-state index contributed by atoms with van der Waals surface area (Å²) in [6.45, 7) is 6.12. The van der Waals surface area contributed by atoms with Crippen LogP contribution in [0.25, 0.3) is 0 Å². The van der Waals surface area contributed by atoms with Gasteiger partial charge in [0.2, 0.25) is 0 Å². The lowest BCUT2D eigenvalue weighted by molar-refractivity contribution is -0.140. The molecule has 0 amide bonds. The summed E-state index contributed by atoms with van der Waals surface area (Å²) in [6.07, 6.45) is 4.58. The molecule has 0 bridgehead atoms. The van der Waals surface area contributed by atoms with E-state index in [1.165, 1.54) is 14.2 Å². The highest BCUT2D eigenvalue weighted by Gasteiger charge is 2.33. The zero-order chi connectivity index (χ0) is 15.3. The summed E-state index contributed by atoms with van der Waals surface area (Å²) in [5, 5.41) is 0. The largest absolute Gasteiger partial charge is 0.466 e. The van der Waals surface area contributed by atoms with E-state index in [1.54, 1.807) is 0 Å². The fourth-order valence-electron chi connectivity index (χ4n) is 2.79. The molecule has 0 radical (unpaired) electrons. The Bertz CT molecular complexity index is 395. The Morgan fingerprint density at radius 2 is 1.50 bits per heavy atom. The number of hydrogen-bond acceptors (Lipinski definition) is 4. The molecule has 0 saturated heterocycles. The minimum atomic E-state index is -0.410. The van der Waals surface area contributed by atoms with E-state index in [1.807, 2.05) is 20.8 Å². The molecule has 0 aromatic carbocycles. The molecule has 0 aromatic rings. The fraction of sp³-hybridized carbons (Fsp3) is 0.750. The van der Waals surface area contributed by atoms with Crippen molar-refractivity contribution in [3.05, 3.63) is 11.1 Å². The van der Waals surface area contributed by atoms with Crippen LogP contribution in [-0.4, -0.2) is 26.2 Å². The van der Waals surface area contributed by atoms with Gasteiger partial charge in [-0.15, -0.1) is 0 Å². The first kappa shape index (κ1) is 16.7. The van der Waals surface area contributed by atoms with Gasteiger partial charge in [0.1, 0.15) is 0 Å². The highest BCUT2D eigenvalue weighted by molar-refractivity contribution is 6.00. The number of esters is 2. The predicted octanol–water partition coefficient (Wildman–Crippen LogP) is 3.26. The van der Waals surface area contributed by atoms with Crippen LogP contribution >= 0.6 is 0 Å². The minimum Gasteiger partial charge on any atom is -0.466 e. The van der Waals surface area contributed by atoms with Crippen molar-refractivity contribution in [2.45, 2.75) is 52.9 Å². The summed E-state index contributed by atoms with van der Waals surface area (Å²) < 4.78 is 9.80. The third kappa shape index (κ3) is 4.36. The number of carbonyl (C=O) groups is 2. The summed E-state index contributed by atoms with van der Waals surface area (Å²) in [6, 6.07) is 0. The van der Waals surface area contributed by atoms with E-state index in [-0.39, 0.29) is 17.3 Å². The van der Waals surface area contributed by atoms with E-state index in [2.05, 4.69) is 0 Å². The Morgan fingerprint density at radius 1 is 1.00 bits per heavy atom. The van der Waals surface area contributed by atoms with Gasteiger partial charge < -0.3 is 9.47 Å². The van der Waals surface area contributed by atoms with E-state index in [4.69, 9.17) is 9.47 Å². The van der Waals surface area contributed by atoms with Gasteiger partial charge >= 0.3 is 11.9 Å². The average Bonchev–Trinajstić information content (AvgIpc) is 2.89. The molecule has 0 spiro atoms. The van der Waals surface area contributed by atoms with Crippen LogP contribution in [0.5, 0.6) is 0 Å². The molecule has 1 rings (SSSR count). The lowest BCUT2D eigenvalue weighted by atomic mass is 9.82. The maximum Gasteiger partial charge on any atom is 0.334 e. The van der Waals surface area contributed by atoms with Crippen molar-refractivity contribution >= 4 is 11.9 Å². The normalized spacial score (nSPS) is 17.6. The maximum atomic E-state index is 12.2. The second kappa shape index (κ2) is 6.91. The molecule has 0 aromatic heterocycles. The van der Waals surface area contributed by atoms with E-state index in [0.29, 0.717) is 17.6 Å². The van der Waals surface area contributed by atoms with Crippen molar-refractivity contribution in [2.24, 2.45) is 11.3 Å². The molecule has 0 N–H and O–H groups in total. The number of hydrogen-bond donors (Lipinski definition) is 0. The second-order valence-electron chi connectivity index (χ2n) is 6.59. The monoisotopic (exact) mass is 282 g/mol. The van der Waals surface area contributed by atoms with Crippen LogP contribution < -0.4 is 0 Å². The molecule has 0 unspecified atom stereocenters. The number of rotatable bonds is 4. The van der Waals surface area contributed by atoms with Gasteiger partial charge in [-0.05, 0) is 30.6 Å². The highest BCUT2D eigenvalue weighted by Crippen LogP contribution is 2.37. The van der Waals surface area contributed by atoms with Crippen molar-refractivity contribution in [2.75, 3.05) is 14.2 Å². The van der Waals surface area contributed by atoms with E-state index >= 15 is 0 Å². The molecule has 1 fully saturated rings. The summed E-state index contributed by atoms with van der Waals surface area (Å²) >= 11 is 0. The van der Waals surface area contributed by atoms with Crippen molar-refractivity contribution < 1.29 is 19.1 Å². The summed E-state index contributed by atoms with van der Waals surface area (Å²) in [5.41, 5.74) is 0.923. The molecule has 4 heteroatoms. The van der Waals surface area contributed by atoms with E-state index < -0.39 is 5.97 Å². The average molecular weight is 282 g/mol. The quantitative estimate of drug-likeness (QED) is 0.586. The minimum absolute atomic E-state index is 0.0958. The zero-order valence-corrected chi connectivity index (χ0v) is 13.2. The Labute approximate surface area is 121 Å². The van der Waals surface area contributed by atoms with Crippen LogP contribution in [-0.2, 0) is 19.1 Å². The molecule has 1 aliphatic carbocycles. The molecule has 4 nitrogen and oxygen atoms in total. The number of methoxy groups -OCH3 is 2. The van der Waals surface area contributed by atoms with Crippen molar-refractivity contribution in [3.8, 4) is 0 Å². The van der Waals surface area contributed by atoms with Gasteiger partial charge in [0, 0.05) is 5.57 Å². The number of ether oxygens (including phenoxy) is 2. The predicted molar refractivity (Wildman–Crippen MR) is 77.1 cm³/mol. The Balaban J connectivity index is 3.27. The number of carbonyl (C=O) groups excluding carboxylic acids is 2. The first-order chi connectivity index (χ1) is 9.30. The van der Waals surface area contributed by atoms with Crippen molar-refractivity contribution in [1.29, 1.82) is 0 Å². The van der Waals surface area contributed by atoms with Crippen LogP contribution in [0.3, 0.4) is 0 Å². The molecule has 20 heavy (non-hydrogen) atoms. The van der Waals surface area contributed by atoms with E-state index in [0.717, 1.165) is 25.7 Å². The molecule has 0 aliphatic heterocycles. The molecular formula is C16H26O4. The SMILES string of the molecule is COC(=O)C(CC(C)(C)C)=C(C(=O)OC)C1CCCC1. The Morgan fingerprint density at radius 3 is 1.90 bits per heavy atom. The van der Waals surface area contributed by atoms with E-state index in [9.17, 15) is 9.59 Å².